The fraction of sp³-hybridized carbons (Fsp3) is 0.545. The molecule has 6 nitrogen and oxygen atoms in total. The summed E-state index contributed by atoms with van der Waals surface area (Å²) in [5.74, 6) is -0.878. The highest BCUT2D eigenvalue weighted by Gasteiger charge is 2.19. The zero-order valence-electron chi connectivity index (χ0n) is 10.2. The summed E-state index contributed by atoms with van der Waals surface area (Å²) < 4.78 is 11.2. The molecule has 0 saturated carbocycles. The maximum Gasteiger partial charge on any atom is 0.341 e. The third-order valence-electron chi connectivity index (χ3n) is 2.02. The van der Waals surface area contributed by atoms with Crippen LogP contribution in [0.15, 0.2) is 6.20 Å². The number of aryl methyl sites for hydroxylation is 1. The van der Waals surface area contributed by atoms with Gasteiger partial charge in [-0.1, -0.05) is 0 Å². The van der Waals surface area contributed by atoms with Crippen LogP contribution in [0.25, 0.3) is 0 Å². The summed E-state index contributed by atoms with van der Waals surface area (Å²) in [7, 11) is 1.68. The van der Waals surface area contributed by atoms with Crippen molar-refractivity contribution in [3.8, 4) is 0 Å². The number of ether oxygens (including phenoxy) is 2. The minimum absolute atomic E-state index is 0.0250. The first kappa shape index (κ1) is 13.2. The summed E-state index contributed by atoms with van der Waals surface area (Å²) in [4.78, 5) is 22.9. The van der Waals surface area contributed by atoms with Crippen LogP contribution in [0.5, 0.6) is 0 Å². The van der Waals surface area contributed by atoms with Crippen LogP contribution >= 0.6 is 0 Å². The van der Waals surface area contributed by atoms with Gasteiger partial charge in [-0.25, -0.2) is 4.79 Å². The molecule has 0 amide bonds. The molecule has 0 atom stereocenters. The van der Waals surface area contributed by atoms with Crippen molar-refractivity contribution in [3.05, 3.63) is 17.5 Å². The van der Waals surface area contributed by atoms with Crippen LogP contribution in [0.2, 0.25) is 0 Å². The Hall–Kier alpha value is -1.85. The molecule has 17 heavy (non-hydrogen) atoms. The van der Waals surface area contributed by atoms with Crippen molar-refractivity contribution in [1.82, 2.24) is 9.78 Å². The topological polar surface area (TPSA) is 70.4 Å². The molecule has 1 heterocycles. The normalized spacial score (nSPS) is 10.1. The fourth-order valence-corrected chi connectivity index (χ4v) is 1.39. The first-order valence-electron chi connectivity index (χ1n) is 5.43. The van der Waals surface area contributed by atoms with E-state index in [2.05, 4.69) is 5.10 Å². The summed E-state index contributed by atoms with van der Waals surface area (Å²) in [6.07, 6.45) is 1.51. The highest BCUT2D eigenvalue weighted by Crippen LogP contribution is 2.09. The molecule has 0 unspecified atom stereocenters. The van der Waals surface area contributed by atoms with E-state index in [1.165, 1.54) is 10.9 Å². The molecular weight excluding hydrogens is 224 g/mol. The molecule has 0 radical (unpaired) electrons. The van der Waals surface area contributed by atoms with Gasteiger partial charge in [0, 0.05) is 13.2 Å². The van der Waals surface area contributed by atoms with Crippen LogP contribution in [0.4, 0.5) is 0 Å². The molecule has 0 aliphatic carbocycles. The molecule has 0 aliphatic rings. The Morgan fingerprint density at radius 2 is 1.94 bits per heavy atom. The van der Waals surface area contributed by atoms with Gasteiger partial charge in [-0.05, 0) is 13.8 Å². The van der Waals surface area contributed by atoms with Crippen LogP contribution in [-0.4, -0.2) is 34.9 Å². The minimum Gasteiger partial charge on any atom is -0.466 e. The smallest absolute Gasteiger partial charge is 0.341 e. The van der Waals surface area contributed by atoms with Crippen molar-refractivity contribution in [1.29, 1.82) is 0 Å². The van der Waals surface area contributed by atoms with E-state index in [9.17, 15) is 9.59 Å². The molecule has 1 aromatic heterocycles. The van der Waals surface area contributed by atoms with E-state index < -0.39 is 11.9 Å². The molecule has 6 heteroatoms. The van der Waals surface area contributed by atoms with Crippen molar-refractivity contribution in [2.45, 2.75) is 20.3 Å². The van der Waals surface area contributed by atoms with Crippen LogP contribution in [0.1, 0.15) is 29.9 Å². The molecular formula is C11H16N2O4. The van der Waals surface area contributed by atoms with Crippen molar-refractivity contribution in [3.63, 3.8) is 0 Å². The van der Waals surface area contributed by atoms with Crippen molar-refractivity contribution in [2.75, 3.05) is 13.2 Å². The summed E-state index contributed by atoms with van der Waals surface area (Å²) in [6.45, 7) is 4.04. The third kappa shape index (κ3) is 3.58. The summed E-state index contributed by atoms with van der Waals surface area (Å²) in [5, 5.41) is 4.05. The van der Waals surface area contributed by atoms with E-state index in [-0.39, 0.29) is 13.0 Å². The molecule has 0 aromatic carbocycles. The van der Waals surface area contributed by atoms with Crippen LogP contribution in [0.3, 0.4) is 0 Å². The maximum atomic E-state index is 11.6. The second-order valence-corrected chi connectivity index (χ2v) is 3.37. The van der Waals surface area contributed by atoms with E-state index in [0.717, 1.165) is 0 Å². The Balaban J connectivity index is 2.84. The Labute approximate surface area is 99.5 Å². The number of carbonyl (C=O) groups is 2. The zero-order chi connectivity index (χ0) is 12.8. The molecule has 0 N–H and O–H groups in total. The van der Waals surface area contributed by atoms with Crippen molar-refractivity contribution in [2.24, 2.45) is 7.05 Å². The van der Waals surface area contributed by atoms with Gasteiger partial charge in [0.15, 0.2) is 0 Å². The second-order valence-electron chi connectivity index (χ2n) is 3.37. The van der Waals surface area contributed by atoms with Gasteiger partial charge in [0.05, 0.1) is 25.3 Å². The van der Waals surface area contributed by atoms with Crippen LogP contribution < -0.4 is 0 Å². The quantitative estimate of drug-likeness (QED) is 0.708. The van der Waals surface area contributed by atoms with Crippen LogP contribution in [0, 0.1) is 0 Å². The maximum absolute atomic E-state index is 11.6. The predicted molar refractivity (Wildman–Crippen MR) is 59.5 cm³/mol. The lowest BCUT2D eigenvalue weighted by molar-refractivity contribution is -0.142. The Morgan fingerprint density at radius 1 is 1.29 bits per heavy atom. The SMILES string of the molecule is CCOC(=O)Cc1nn(C)cc1C(=O)OCC. The van der Waals surface area contributed by atoms with E-state index in [1.807, 2.05) is 0 Å². The van der Waals surface area contributed by atoms with Gasteiger partial charge in [-0.15, -0.1) is 0 Å². The van der Waals surface area contributed by atoms with Crippen molar-refractivity contribution >= 4 is 11.9 Å². The largest absolute Gasteiger partial charge is 0.466 e. The van der Waals surface area contributed by atoms with Crippen molar-refractivity contribution < 1.29 is 19.1 Å². The molecule has 1 rings (SSSR count). The van der Waals surface area contributed by atoms with Gasteiger partial charge in [0.1, 0.15) is 5.56 Å². The molecule has 0 aliphatic heterocycles. The monoisotopic (exact) mass is 240 g/mol. The van der Waals surface area contributed by atoms with Gasteiger partial charge in [-0.3, -0.25) is 9.48 Å². The number of esters is 2. The number of hydrogen-bond donors (Lipinski definition) is 0. The van der Waals surface area contributed by atoms with Gasteiger partial charge in [0.2, 0.25) is 0 Å². The zero-order valence-corrected chi connectivity index (χ0v) is 10.2. The Morgan fingerprint density at radius 3 is 2.53 bits per heavy atom. The average molecular weight is 240 g/mol. The van der Waals surface area contributed by atoms with Gasteiger partial charge >= 0.3 is 11.9 Å². The summed E-state index contributed by atoms with van der Waals surface area (Å²) in [5.41, 5.74) is 0.687. The first-order valence-corrected chi connectivity index (χ1v) is 5.43. The minimum atomic E-state index is -0.472. The molecule has 0 fully saturated rings. The first-order chi connectivity index (χ1) is 8.08. The van der Waals surface area contributed by atoms with Gasteiger partial charge < -0.3 is 9.47 Å². The average Bonchev–Trinajstić information content (AvgIpc) is 2.60. The number of nitrogens with zero attached hydrogens (tertiary/aromatic N) is 2. The molecule has 0 spiro atoms. The van der Waals surface area contributed by atoms with Gasteiger partial charge in [0.25, 0.3) is 0 Å². The fourth-order valence-electron chi connectivity index (χ4n) is 1.39. The summed E-state index contributed by atoms with van der Waals surface area (Å²) in [6, 6.07) is 0. The van der Waals surface area contributed by atoms with Crippen LogP contribution in [-0.2, 0) is 27.7 Å². The molecule has 0 saturated heterocycles. The number of aromatic nitrogens is 2. The lowest BCUT2D eigenvalue weighted by atomic mass is 10.2. The van der Waals surface area contributed by atoms with E-state index in [0.29, 0.717) is 17.9 Å². The molecule has 94 valence electrons. The molecule has 1 aromatic rings. The summed E-state index contributed by atoms with van der Waals surface area (Å²) >= 11 is 0. The van der Waals surface area contributed by atoms with Gasteiger partial charge in [-0.2, -0.15) is 5.10 Å². The Bertz CT molecular complexity index is 412. The lowest BCUT2D eigenvalue weighted by Crippen LogP contribution is -2.12. The lowest BCUT2D eigenvalue weighted by Gasteiger charge is -2.02. The molecule has 0 bridgehead atoms. The highest BCUT2D eigenvalue weighted by molar-refractivity contribution is 5.91. The second kappa shape index (κ2) is 6.03. The van der Waals surface area contributed by atoms with E-state index in [4.69, 9.17) is 9.47 Å². The highest BCUT2D eigenvalue weighted by atomic mass is 16.5. The number of carbonyl (C=O) groups excluding carboxylic acids is 2. The predicted octanol–water partition coefficient (Wildman–Crippen LogP) is 0.702. The number of hydrogen-bond acceptors (Lipinski definition) is 5. The van der Waals surface area contributed by atoms with E-state index in [1.54, 1.807) is 20.9 Å². The standard InChI is InChI=1S/C11H16N2O4/c1-4-16-10(14)6-9-8(7-13(3)12-9)11(15)17-5-2/h7H,4-6H2,1-3H3. The van der Waals surface area contributed by atoms with E-state index >= 15 is 0 Å². The Kier molecular flexibility index (Phi) is 4.68. The third-order valence-corrected chi connectivity index (χ3v) is 2.02. The number of rotatable bonds is 5.